The number of rotatable bonds is 9. The van der Waals surface area contributed by atoms with Gasteiger partial charge in [-0.25, -0.2) is 4.99 Å². The standard InChI is InChI=1S/C17H32N4O.HI/c1-6-15-14(16(7-2)22-21-15)11-19-17(18)20-13(5)10-8-9-12(3)4;/h12-13H,6-11H2,1-5H3,(H3,18,19,20);1H. The third kappa shape index (κ3) is 8.04. The zero-order valence-electron chi connectivity index (χ0n) is 15.2. The summed E-state index contributed by atoms with van der Waals surface area (Å²) in [5.74, 6) is 2.17. The van der Waals surface area contributed by atoms with Gasteiger partial charge in [-0.3, -0.25) is 0 Å². The first-order valence-corrected chi connectivity index (χ1v) is 8.50. The molecule has 0 bridgehead atoms. The van der Waals surface area contributed by atoms with Crippen molar-refractivity contribution in [2.75, 3.05) is 0 Å². The van der Waals surface area contributed by atoms with Crippen molar-refractivity contribution in [1.82, 2.24) is 10.5 Å². The number of nitrogens with zero attached hydrogens (tertiary/aromatic N) is 2. The van der Waals surface area contributed by atoms with E-state index in [9.17, 15) is 0 Å². The third-order valence-electron chi connectivity index (χ3n) is 3.83. The summed E-state index contributed by atoms with van der Waals surface area (Å²) in [4.78, 5) is 4.45. The van der Waals surface area contributed by atoms with Crippen molar-refractivity contribution in [3.63, 3.8) is 0 Å². The molecule has 1 atom stereocenters. The van der Waals surface area contributed by atoms with E-state index in [1.165, 1.54) is 12.8 Å². The molecule has 1 aromatic heterocycles. The molecule has 0 radical (unpaired) electrons. The van der Waals surface area contributed by atoms with Crippen LogP contribution >= 0.6 is 24.0 Å². The molecule has 1 heterocycles. The summed E-state index contributed by atoms with van der Waals surface area (Å²) in [6, 6.07) is 0.348. The van der Waals surface area contributed by atoms with Crippen LogP contribution in [-0.2, 0) is 19.4 Å². The third-order valence-corrected chi connectivity index (χ3v) is 3.83. The van der Waals surface area contributed by atoms with E-state index < -0.39 is 0 Å². The topological polar surface area (TPSA) is 76.4 Å². The van der Waals surface area contributed by atoms with Gasteiger partial charge in [-0.1, -0.05) is 45.7 Å². The van der Waals surface area contributed by atoms with E-state index in [0.717, 1.165) is 42.2 Å². The number of aromatic nitrogens is 1. The van der Waals surface area contributed by atoms with Gasteiger partial charge in [-0.2, -0.15) is 0 Å². The monoisotopic (exact) mass is 436 g/mol. The molecule has 6 heteroatoms. The van der Waals surface area contributed by atoms with Crippen LogP contribution in [0.1, 0.15) is 70.9 Å². The van der Waals surface area contributed by atoms with Crippen molar-refractivity contribution < 1.29 is 4.52 Å². The molecule has 3 N–H and O–H groups in total. The average molecular weight is 436 g/mol. The van der Waals surface area contributed by atoms with E-state index >= 15 is 0 Å². The molecule has 0 fully saturated rings. The van der Waals surface area contributed by atoms with Crippen molar-refractivity contribution in [3.05, 3.63) is 17.0 Å². The van der Waals surface area contributed by atoms with Crippen LogP contribution in [0.25, 0.3) is 0 Å². The smallest absolute Gasteiger partial charge is 0.189 e. The Labute approximate surface area is 157 Å². The predicted octanol–water partition coefficient (Wildman–Crippen LogP) is 4.04. The maximum Gasteiger partial charge on any atom is 0.189 e. The molecule has 1 aromatic rings. The van der Waals surface area contributed by atoms with Gasteiger partial charge in [0.2, 0.25) is 0 Å². The minimum atomic E-state index is 0. The fourth-order valence-electron chi connectivity index (χ4n) is 2.48. The van der Waals surface area contributed by atoms with Gasteiger partial charge in [0.25, 0.3) is 0 Å². The van der Waals surface area contributed by atoms with Gasteiger partial charge in [0.15, 0.2) is 5.96 Å². The summed E-state index contributed by atoms with van der Waals surface area (Å²) < 4.78 is 5.34. The van der Waals surface area contributed by atoms with Crippen LogP contribution in [0.3, 0.4) is 0 Å². The number of nitrogens with two attached hydrogens (primary N) is 1. The molecule has 0 spiro atoms. The second kappa shape index (κ2) is 11.7. The van der Waals surface area contributed by atoms with Crippen molar-refractivity contribution >= 4 is 29.9 Å². The second-order valence-corrected chi connectivity index (χ2v) is 6.31. The number of hydrogen-bond donors (Lipinski definition) is 2. The molecule has 0 saturated carbocycles. The Bertz CT molecular complexity index is 450. The molecule has 0 amide bonds. The fraction of sp³-hybridized carbons (Fsp3) is 0.765. The Morgan fingerprint density at radius 3 is 2.48 bits per heavy atom. The molecular formula is C17H33IN4O. The Hall–Kier alpha value is -0.790. The lowest BCUT2D eigenvalue weighted by Crippen LogP contribution is -2.38. The normalized spacial score (nSPS) is 13.0. The summed E-state index contributed by atoms with van der Waals surface area (Å²) >= 11 is 0. The first-order chi connectivity index (χ1) is 10.5. The van der Waals surface area contributed by atoms with Gasteiger partial charge in [0, 0.05) is 18.0 Å². The lowest BCUT2D eigenvalue weighted by atomic mass is 10.0. The van der Waals surface area contributed by atoms with Crippen LogP contribution in [-0.4, -0.2) is 17.2 Å². The van der Waals surface area contributed by atoms with Gasteiger partial charge >= 0.3 is 0 Å². The van der Waals surface area contributed by atoms with E-state index in [4.69, 9.17) is 10.3 Å². The lowest BCUT2D eigenvalue weighted by molar-refractivity contribution is 0.380. The van der Waals surface area contributed by atoms with Gasteiger partial charge < -0.3 is 15.6 Å². The molecule has 134 valence electrons. The van der Waals surface area contributed by atoms with E-state index in [0.29, 0.717) is 18.5 Å². The first kappa shape index (κ1) is 22.2. The highest BCUT2D eigenvalue weighted by Crippen LogP contribution is 2.16. The van der Waals surface area contributed by atoms with Crippen molar-refractivity contribution in [2.24, 2.45) is 16.6 Å². The van der Waals surface area contributed by atoms with E-state index in [1.54, 1.807) is 0 Å². The average Bonchev–Trinajstić information content (AvgIpc) is 2.86. The quantitative estimate of drug-likeness (QED) is 0.348. The molecule has 23 heavy (non-hydrogen) atoms. The highest BCUT2D eigenvalue weighted by Gasteiger charge is 2.13. The molecule has 0 aliphatic heterocycles. The summed E-state index contributed by atoms with van der Waals surface area (Å²) in [6.07, 6.45) is 5.26. The number of halogens is 1. The maximum absolute atomic E-state index is 5.99. The molecule has 5 nitrogen and oxygen atoms in total. The molecule has 1 rings (SSSR count). The highest BCUT2D eigenvalue weighted by atomic mass is 127. The van der Waals surface area contributed by atoms with Crippen LogP contribution in [0, 0.1) is 5.92 Å². The van der Waals surface area contributed by atoms with Gasteiger partial charge in [0.05, 0.1) is 12.2 Å². The SMILES string of the molecule is CCc1noc(CC)c1CN=C(N)NC(C)CCCC(C)C.I. The Kier molecular flexibility index (Phi) is 11.3. The summed E-state index contributed by atoms with van der Waals surface area (Å²) in [7, 11) is 0. The Morgan fingerprint density at radius 2 is 1.91 bits per heavy atom. The summed E-state index contributed by atoms with van der Waals surface area (Å²) in [6.45, 7) is 11.3. The molecule has 0 aliphatic rings. The zero-order chi connectivity index (χ0) is 16.5. The minimum absolute atomic E-state index is 0. The highest BCUT2D eigenvalue weighted by molar-refractivity contribution is 14.0. The minimum Gasteiger partial charge on any atom is -0.370 e. The second-order valence-electron chi connectivity index (χ2n) is 6.31. The van der Waals surface area contributed by atoms with E-state index in [-0.39, 0.29) is 24.0 Å². The predicted molar refractivity (Wildman–Crippen MR) is 107 cm³/mol. The number of hydrogen-bond acceptors (Lipinski definition) is 3. The lowest BCUT2D eigenvalue weighted by Gasteiger charge is -2.15. The Balaban J connectivity index is 0.00000484. The molecule has 0 saturated heterocycles. The number of guanidine groups is 1. The summed E-state index contributed by atoms with van der Waals surface area (Å²) in [5.41, 5.74) is 8.06. The van der Waals surface area contributed by atoms with Crippen LogP contribution in [0.4, 0.5) is 0 Å². The van der Waals surface area contributed by atoms with Crippen LogP contribution in [0.2, 0.25) is 0 Å². The van der Waals surface area contributed by atoms with Crippen molar-refractivity contribution in [1.29, 1.82) is 0 Å². The molecule has 0 aromatic carbocycles. The first-order valence-electron chi connectivity index (χ1n) is 8.50. The largest absolute Gasteiger partial charge is 0.370 e. The number of nitrogens with one attached hydrogen (secondary N) is 1. The van der Waals surface area contributed by atoms with Gasteiger partial charge in [-0.15, -0.1) is 24.0 Å². The van der Waals surface area contributed by atoms with Crippen molar-refractivity contribution in [2.45, 2.75) is 79.3 Å². The fourth-order valence-corrected chi connectivity index (χ4v) is 2.48. The van der Waals surface area contributed by atoms with E-state index in [2.05, 4.69) is 50.1 Å². The van der Waals surface area contributed by atoms with Crippen LogP contribution in [0.15, 0.2) is 9.52 Å². The zero-order valence-corrected chi connectivity index (χ0v) is 17.5. The van der Waals surface area contributed by atoms with Gasteiger partial charge in [0.1, 0.15) is 5.76 Å². The summed E-state index contributed by atoms with van der Waals surface area (Å²) in [5, 5.41) is 7.36. The Morgan fingerprint density at radius 1 is 1.22 bits per heavy atom. The number of aliphatic imine (C=N–C) groups is 1. The molecular weight excluding hydrogens is 403 g/mol. The van der Waals surface area contributed by atoms with Gasteiger partial charge in [-0.05, 0) is 25.7 Å². The van der Waals surface area contributed by atoms with Crippen molar-refractivity contribution in [3.8, 4) is 0 Å². The van der Waals surface area contributed by atoms with Crippen LogP contribution in [0.5, 0.6) is 0 Å². The van der Waals surface area contributed by atoms with Crippen LogP contribution < -0.4 is 11.1 Å². The molecule has 0 aliphatic carbocycles. The van der Waals surface area contributed by atoms with E-state index in [1.807, 2.05) is 0 Å². The molecule has 1 unspecified atom stereocenters. The number of aryl methyl sites for hydroxylation is 2. The maximum atomic E-state index is 5.99.